The van der Waals surface area contributed by atoms with Crippen molar-refractivity contribution in [2.75, 3.05) is 11.9 Å². The molecule has 0 radical (unpaired) electrons. The smallest absolute Gasteiger partial charge is 0.382 e. The highest BCUT2D eigenvalue weighted by molar-refractivity contribution is 14.1. The van der Waals surface area contributed by atoms with E-state index in [0.717, 1.165) is 3.70 Å². The monoisotopic (exact) mass is 448 g/mol. The molecule has 0 atom stereocenters. The molecule has 2 rings (SSSR count). The molecule has 0 unspecified atom stereocenters. The molecule has 0 aliphatic heterocycles. The predicted octanol–water partition coefficient (Wildman–Crippen LogP) is 3.85. The van der Waals surface area contributed by atoms with Gasteiger partial charge in [-0.25, -0.2) is 9.50 Å². The second-order valence-corrected chi connectivity index (χ2v) is 5.76. The van der Waals surface area contributed by atoms with Gasteiger partial charge >= 0.3 is 6.18 Å². The Hall–Kier alpha value is -0.580. The maximum atomic E-state index is 12.0. The molecule has 0 aliphatic carbocycles. The number of nitrogens with zero attached hydrogens (tertiary/aromatic N) is 3. The van der Waals surface area contributed by atoms with Gasteiger partial charge in [0.15, 0.2) is 5.65 Å². The number of nitrogens with one attached hydrogen (secondary N) is 1. The van der Waals surface area contributed by atoms with Crippen LogP contribution in [0.15, 0.2) is 16.9 Å². The molecule has 9 heteroatoms. The highest BCUT2D eigenvalue weighted by Crippen LogP contribution is 2.23. The Bertz CT molecular complexity index is 584. The van der Waals surface area contributed by atoms with Crippen LogP contribution in [0.25, 0.3) is 5.65 Å². The molecule has 1 N–H and O–H groups in total. The molecular weight excluding hydrogens is 440 g/mol. The molecule has 0 spiro atoms. The Morgan fingerprint density at radius 2 is 2.16 bits per heavy atom. The summed E-state index contributed by atoms with van der Waals surface area (Å²) in [6, 6.07) is 1.70. The fourth-order valence-electron chi connectivity index (χ4n) is 1.55. The van der Waals surface area contributed by atoms with E-state index in [2.05, 4.69) is 53.9 Å². The predicted molar refractivity (Wildman–Crippen MR) is 77.2 cm³/mol. The topological polar surface area (TPSA) is 42.2 Å². The molecule has 19 heavy (non-hydrogen) atoms. The van der Waals surface area contributed by atoms with Crippen molar-refractivity contribution in [2.24, 2.45) is 0 Å². The van der Waals surface area contributed by atoms with E-state index >= 15 is 0 Å². The zero-order valence-corrected chi connectivity index (χ0v) is 13.3. The van der Waals surface area contributed by atoms with Gasteiger partial charge in [0, 0.05) is 13.0 Å². The van der Waals surface area contributed by atoms with Gasteiger partial charge < -0.3 is 5.32 Å². The first-order chi connectivity index (χ1) is 8.87. The number of hydrogen-bond acceptors (Lipinski definition) is 3. The van der Waals surface area contributed by atoms with Crippen molar-refractivity contribution >= 4 is 49.9 Å². The highest BCUT2D eigenvalue weighted by Gasteiger charge is 2.25. The Balaban J connectivity index is 2.08. The van der Waals surface area contributed by atoms with E-state index in [9.17, 15) is 13.2 Å². The number of hydrogen-bond donors (Lipinski definition) is 1. The summed E-state index contributed by atoms with van der Waals surface area (Å²) in [5, 5.41) is 7.16. The van der Waals surface area contributed by atoms with Crippen molar-refractivity contribution in [1.82, 2.24) is 14.6 Å². The number of halogens is 5. The number of rotatable bonds is 4. The molecule has 0 aliphatic rings. The van der Waals surface area contributed by atoms with Crippen LogP contribution in [-0.2, 0) is 0 Å². The zero-order chi connectivity index (χ0) is 14.0. The molecule has 0 bridgehead atoms. The Labute approximate surface area is 129 Å². The molecule has 0 amide bonds. The molecule has 4 nitrogen and oxygen atoms in total. The van der Waals surface area contributed by atoms with Gasteiger partial charge in [-0.1, -0.05) is 0 Å². The Morgan fingerprint density at radius 3 is 2.84 bits per heavy atom. The van der Waals surface area contributed by atoms with Crippen LogP contribution in [0.1, 0.15) is 12.8 Å². The molecule has 104 valence electrons. The quantitative estimate of drug-likeness (QED) is 0.570. The minimum atomic E-state index is -4.11. The second kappa shape index (κ2) is 5.81. The van der Waals surface area contributed by atoms with Gasteiger partial charge in [0.1, 0.15) is 8.30 Å². The van der Waals surface area contributed by atoms with Crippen molar-refractivity contribution in [2.45, 2.75) is 19.0 Å². The maximum absolute atomic E-state index is 12.0. The Kier molecular flexibility index (Phi) is 4.54. The average Bonchev–Trinajstić information content (AvgIpc) is 2.65. The van der Waals surface area contributed by atoms with E-state index in [1.165, 1.54) is 0 Å². The summed E-state index contributed by atoms with van der Waals surface area (Å²) in [4.78, 5) is 4.17. The third-order valence-electron chi connectivity index (χ3n) is 2.35. The molecule has 0 saturated carbocycles. The molecule has 2 aromatic heterocycles. The van der Waals surface area contributed by atoms with Crippen molar-refractivity contribution in [3.8, 4) is 0 Å². The van der Waals surface area contributed by atoms with Gasteiger partial charge in [-0.15, -0.1) is 0 Å². The normalized spacial score (nSPS) is 12.1. The standard InChI is InChI=1S/C10H9BrF3IN4/c11-7-4-6(16-3-1-2-10(12,13)14)9-17-5-8(15)19(9)18-7/h4-5,16H,1-3H2. The first kappa shape index (κ1) is 14.8. The van der Waals surface area contributed by atoms with Crippen molar-refractivity contribution in [3.05, 3.63) is 20.6 Å². The van der Waals surface area contributed by atoms with Crippen LogP contribution in [0, 0.1) is 3.70 Å². The number of aromatic nitrogens is 3. The summed E-state index contributed by atoms with van der Waals surface area (Å²) in [7, 11) is 0. The Morgan fingerprint density at radius 1 is 1.42 bits per heavy atom. The molecule has 0 fully saturated rings. The van der Waals surface area contributed by atoms with Crippen LogP contribution in [0.3, 0.4) is 0 Å². The third kappa shape index (κ3) is 3.94. The zero-order valence-electron chi connectivity index (χ0n) is 9.51. The van der Waals surface area contributed by atoms with Crippen molar-refractivity contribution < 1.29 is 13.2 Å². The third-order valence-corrected chi connectivity index (χ3v) is 3.47. The van der Waals surface area contributed by atoms with Gasteiger partial charge in [-0.3, -0.25) is 0 Å². The molecule has 0 aromatic carbocycles. The lowest BCUT2D eigenvalue weighted by Gasteiger charge is -2.09. The summed E-state index contributed by atoms with van der Waals surface area (Å²) in [6.45, 7) is 0.231. The van der Waals surface area contributed by atoms with Gasteiger partial charge in [-0.05, 0) is 51.0 Å². The molecule has 2 aromatic rings. The lowest BCUT2D eigenvalue weighted by atomic mass is 10.3. The van der Waals surface area contributed by atoms with Crippen molar-refractivity contribution in [1.29, 1.82) is 0 Å². The minimum Gasteiger partial charge on any atom is -0.382 e. The van der Waals surface area contributed by atoms with Crippen LogP contribution >= 0.6 is 38.5 Å². The summed E-state index contributed by atoms with van der Waals surface area (Å²) >= 11 is 5.34. The average molecular weight is 449 g/mol. The molecule has 0 saturated heterocycles. The number of anilines is 1. The van der Waals surface area contributed by atoms with Gasteiger partial charge in [0.2, 0.25) is 0 Å². The SMILES string of the molecule is FC(F)(F)CCCNc1cc(Br)nn2c(I)cnc12. The van der Waals surface area contributed by atoms with Gasteiger partial charge in [-0.2, -0.15) is 18.3 Å². The lowest BCUT2D eigenvalue weighted by molar-refractivity contribution is -0.134. The summed E-state index contributed by atoms with van der Waals surface area (Å²) in [5.41, 5.74) is 1.26. The van der Waals surface area contributed by atoms with Crippen molar-refractivity contribution in [3.63, 3.8) is 0 Å². The first-order valence-electron chi connectivity index (χ1n) is 5.37. The van der Waals surface area contributed by atoms with E-state index in [4.69, 9.17) is 0 Å². The van der Waals surface area contributed by atoms with Crippen LogP contribution in [-0.4, -0.2) is 27.3 Å². The second-order valence-electron chi connectivity index (χ2n) is 3.84. The van der Waals surface area contributed by atoms with E-state index in [1.54, 1.807) is 16.8 Å². The number of imidazole rings is 1. The largest absolute Gasteiger partial charge is 0.389 e. The highest BCUT2D eigenvalue weighted by atomic mass is 127. The fraction of sp³-hybridized carbons (Fsp3) is 0.400. The maximum Gasteiger partial charge on any atom is 0.389 e. The number of alkyl halides is 3. The van der Waals surface area contributed by atoms with E-state index in [0.29, 0.717) is 15.9 Å². The van der Waals surface area contributed by atoms with Crippen LogP contribution in [0.2, 0.25) is 0 Å². The molecule has 2 heterocycles. The molecular formula is C10H9BrF3IN4. The number of fused-ring (bicyclic) bond motifs is 1. The van der Waals surface area contributed by atoms with E-state index in [-0.39, 0.29) is 13.0 Å². The summed E-state index contributed by atoms with van der Waals surface area (Å²) in [6.07, 6.45) is -3.24. The van der Waals surface area contributed by atoms with E-state index < -0.39 is 12.6 Å². The lowest BCUT2D eigenvalue weighted by Crippen LogP contribution is -2.11. The van der Waals surface area contributed by atoms with Crippen LogP contribution < -0.4 is 5.32 Å². The fourth-order valence-corrected chi connectivity index (χ4v) is 2.42. The van der Waals surface area contributed by atoms with Gasteiger partial charge in [0.05, 0.1) is 11.9 Å². The summed E-state index contributed by atoms with van der Waals surface area (Å²) < 4.78 is 39.2. The van der Waals surface area contributed by atoms with Crippen LogP contribution in [0.4, 0.5) is 18.9 Å². The van der Waals surface area contributed by atoms with E-state index in [1.807, 2.05) is 0 Å². The minimum absolute atomic E-state index is 0.0212. The van der Waals surface area contributed by atoms with Crippen LogP contribution in [0.5, 0.6) is 0 Å². The summed E-state index contributed by atoms with van der Waals surface area (Å²) in [5.74, 6) is 0. The first-order valence-corrected chi connectivity index (χ1v) is 7.24. The van der Waals surface area contributed by atoms with Gasteiger partial charge in [0.25, 0.3) is 0 Å².